The average Bonchev–Trinajstić information content (AvgIpc) is 3.06. The van der Waals surface area contributed by atoms with Crippen molar-refractivity contribution in [2.45, 2.75) is 20.3 Å². The number of rotatable bonds is 13. The maximum Gasteiger partial charge on any atom is 0.335 e. The highest BCUT2D eigenvalue weighted by Crippen LogP contribution is 2.38. The van der Waals surface area contributed by atoms with Gasteiger partial charge in [0.1, 0.15) is 11.3 Å². The first-order chi connectivity index (χ1) is 22.3. The lowest BCUT2D eigenvalue weighted by Gasteiger charge is -2.18. The van der Waals surface area contributed by atoms with Crippen molar-refractivity contribution in [3.63, 3.8) is 0 Å². The van der Waals surface area contributed by atoms with Gasteiger partial charge in [-0.25, -0.2) is 13.8 Å². The molecule has 2 heterocycles. The van der Waals surface area contributed by atoms with Crippen LogP contribution in [0.3, 0.4) is 0 Å². The molecule has 5 aromatic rings. The predicted molar refractivity (Wildman–Crippen MR) is 174 cm³/mol. The number of ether oxygens (including phenoxy) is 3. The Labute approximate surface area is 264 Å². The number of nitrogens with one attached hydrogen (secondary N) is 1. The molecule has 11 nitrogen and oxygen atoms in total. The second-order valence-corrected chi connectivity index (χ2v) is 10.2. The number of benzene rings is 3. The van der Waals surface area contributed by atoms with Gasteiger partial charge < -0.3 is 24.2 Å². The van der Waals surface area contributed by atoms with Crippen molar-refractivity contribution in [1.29, 1.82) is 0 Å². The molecule has 0 radical (unpaired) electrons. The van der Waals surface area contributed by atoms with Gasteiger partial charge >= 0.3 is 5.69 Å². The lowest BCUT2D eigenvalue weighted by atomic mass is 10.1. The van der Waals surface area contributed by atoms with E-state index < -0.39 is 22.9 Å². The van der Waals surface area contributed by atoms with E-state index in [-0.39, 0.29) is 17.0 Å². The quantitative estimate of drug-likeness (QED) is 0.128. The summed E-state index contributed by atoms with van der Waals surface area (Å²) in [6.45, 7) is 7.67. The Bertz CT molecular complexity index is 1970. The second kappa shape index (κ2) is 14.5. The van der Waals surface area contributed by atoms with Crippen LogP contribution >= 0.6 is 0 Å². The van der Waals surface area contributed by atoms with E-state index in [1.807, 2.05) is 0 Å². The Morgan fingerprint density at radius 2 is 1.78 bits per heavy atom. The number of halogens is 1. The van der Waals surface area contributed by atoms with Crippen LogP contribution in [0.25, 0.3) is 16.6 Å². The summed E-state index contributed by atoms with van der Waals surface area (Å²) >= 11 is 0. The van der Waals surface area contributed by atoms with Gasteiger partial charge in [-0.05, 0) is 55.9 Å². The Morgan fingerprint density at radius 3 is 2.50 bits per heavy atom. The van der Waals surface area contributed by atoms with Crippen LogP contribution in [0.5, 0.6) is 28.9 Å². The fourth-order valence-electron chi connectivity index (χ4n) is 4.88. The normalized spacial score (nSPS) is 11.4. The Morgan fingerprint density at radius 1 is 1.00 bits per heavy atom. The molecular formula is C34H34FN5O6. The lowest BCUT2D eigenvalue weighted by molar-refractivity contribution is 0.243. The van der Waals surface area contributed by atoms with E-state index in [9.17, 15) is 14.7 Å². The monoisotopic (exact) mass is 627 g/mol. The first kappa shape index (κ1) is 31.9. The fourth-order valence-corrected chi connectivity index (χ4v) is 4.88. The zero-order valence-electron chi connectivity index (χ0n) is 25.7. The van der Waals surface area contributed by atoms with Crippen LogP contribution in [0.2, 0.25) is 0 Å². The molecule has 0 unspecified atom stereocenters. The summed E-state index contributed by atoms with van der Waals surface area (Å²) in [6, 6.07) is 17.4. The number of aromatic hydroxyl groups is 1. The molecule has 12 heteroatoms. The molecule has 0 saturated heterocycles. The number of para-hydroxylation sites is 1. The number of aliphatic imine (C=N–C) groups is 1. The van der Waals surface area contributed by atoms with Crippen LogP contribution in [-0.4, -0.2) is 64.1 Å². The number of nitrogens with zero attached hydrogens (tertiary/aromatic N) is 4. The average molecular weight is 628 g/mol. The van der Waals surface area contributed by atoms with Crippen molar-refractivity contribution >= 4 is 22.8 Å². The van der Waals surface area contributed by atoms with Crippen LogP contribution in [0.15, 0.2) is 87.5 Å². The van der Waals surface area contributed by atoms with Crippen molar-refractivity contribution in [2.75, 3.05) is 33.4 Å². The minimum atomic E-state index is -0.841. The van der Waals surface area contributed by atoms with Crippen molar-refractivity contribution in [2.24, 2.45) is 4.99 Å². The van der Waals surface area contributed by atoms with E-state index in [0.29, 0.717) is 40.4 Å². The third-order valence-electron chi connectivity index (χ3n) is 7.37. The molecule has 5 rings (SSSR count). The number of aromatic nitrogens is 3. The number of pyridine rings is 1. The van der Waals surface area contributed by atoms with Gasteiger partial charge in [-0.2, -0.15) is 0 Å². The van der Waals surface area contributed by atoms with Gasteiger partial charge in [0.15, 0.2) is 23.1 Å². The Balaban J connectivity index is 1.35. The number of fused-ring (bicyclic) bond motifs is 1. The minimum Gasteiger partial charge on any atom is -0.493 e. The molecule has 46 heavy (non-hydrogen) atoms. The van der Waals surface area contributed by atoms with Crippen LogP contribution in [0.4, 0.5) is 10.1 Å². The van der Waals surface area contributed by atoms with Gasteiger partial charge in [-0.1, -0.05) is 32.0 Å². The van der Waals surface area contributed by atoms with Gasteiger partial charge in [-0.15, -0.1) is 0 Å². The SMILES string of the molecule is CCN(CC)CCCOc1cc2nccc(Oc3ccc(N=Cc4c(O)n(-c5ccccc5)c(=O)[nH]c4=O)cc3F)c2cc1OC. The molecule has 0 amide bonds. The van der Waals surface area contributed by atoms with Crippen molar-refractivity contribution in [3.8, 4) is 34.6 Å². The third-order valence-corrected chi connectivity index (χ3v) is 7.37. The van der Waals surface area contributed by atoms with Gasteiger partial charge in [-0.3, -0.25) is 19.8 Å². The summed E-state index contributed by atoms with van der Waals surface area (Å²) in [6.07, 6.45) is 3.48. The summed E-state index contributed by atoms with van der Waals surface area (Å²) in [5.41, 5.74) is -0.847. The van der Waals surface area contributed by atoms with Gasteiger partial charge in [0.05, 0.1) is 30.6 Å². The molecule has 0 saturated carbocycles. The van der Waals surface area contributed by atoms with Crippen LogP contribution in [-0.2, 0) is 0 Å². The molecule has 0 aliphatic heterocycles. The molecule has 0 aliphatic rings. The highest BCUT2D eigenvalue weighted by molar-refractivity contribution is 5.88. The van der Waals surface area contributed by atoms with E-state index in [1.54, 1.807) is 61.8 Å². The fraction of sp³-hybridized carbons (Fsp3) is 0.235. The maximum atomic E-state index is 15.2. The summed E-state index contributed by atoms with van der Waals surface area (Å²) in [5, 5.41) is 11.3. The zero-order valence-corrected chi connectivity index (χ0v) is 25.7. The predicted octanol–water partition coefficient (Wildman–Crippen LogP) is 5.58. The Hall–Kier alpha value is -5.49. The largest absolute Gasteiger partial charge is 0.493 e. The maximum absolute atomic E-state index is 15.2. The minimum absolute atomic E-state index is 0.0690. The van der Waals surface area contributed by atoms with Crippen LogP contribution in [0, 0.1) is 5.82 Å². The molecule has 0 fully saturated rings. The molecule has 0 spiro atoms. The molecule has 238 valence electrons. The van der Waals surface area contributed by atoms with E-state index in [0.717, 1.165) is 42.9 Å². The zero-order chi connectivity index (χ0) is 32.6. The van der Waals surface area contributed by atoms with Gasteiger partial charge in [0.25, 0.3) is 5.56 Å². The third kappa shape index (κ3) is 7.08. The molecular weight excluding hydrogens is 593 g/mol. The molecule has 0 atom stereocenters. The number of hydrogen-bond donors (Lipinski definition) is 2. The van der Waals surface area contributed by atoms with Crippen LogP contribution < -0.4 is 25.5 Å². The highest BCUT2D eigenvalue weighted by atomic mass is 19.1. The summed E-state index contributed by atoms with van der Waals surface area (Å²) in [4.78, 5) is 37.9. The van der Waals surface area contributed by atoms with E-state index in [1.165, 1.54) is 12.1 Å². The van der Waals surface area contributed by atoms with E-state index in [2.05, 4.69) is 33.7 Å². The molecule has 0 aliphatic carbocycles. The van der Waals surface area contributed by atoms with Crippen LogP contribution in [0.1, 0.15) is 25.8 Å². The van der Waals surface area contributed by atoms with Crippen molar-refractivity contribution in [3.05, 3.63) is 105 Å². The summed E-state index contributed by atoms with van der Waals surface area (Å²) < 4.78 is 33.7. The highest BCUT2D eigenvalue weighted by Gasteiger charge is 2.16. The van der Waals surface area contributed by atoms with Gasteiger partial charge in [0, 0.05) is 36.5 Å². The van der Waals surface area contributed by atoms with Crippen molar-refractivity contribution in [1.82, 2.24) is 19.4 Å². The molecule has 2 aromatic heterocycles. The summed E-state index contributed by atoms with van der Waals surface area (Å²) in [7, 11) is 1.55. The standard InChI is InChI=1S/C34H34FN5O6/c1-4-39(5-2)16-9-17-45-31-20-27-24(19-30(31)44-3)28(14-15-36-27)46-29-13-12-22(18-26(29)35)37-21-25-32(41)38-34(43)40(33(25)42)23-10-7-6-8-11-23/h6-8,10-15,18-21,42H,4-5,9,16-17H2,1-3H3,(H,38,41,43). The number of aromatic amines is 1. The second-order valence-electron chi connectivity index (χ2n) is 10.2. The topological polar surface area (TPSA) is 131 Å². The molecule has 2 N–H and O–H groups in total. The number of methoxy groups -OCH3 is 1. The molecule has 0 bridgehead atoms. The number of hydrogen-bond acceptors (Lipinski definition) is 9. The molecule has 3 aromatic carbocycles. The number of H-pyrrole nitrogens is 1. The Kier molecular flexibility index (Phi) is 10.1. The first-order valence-electron chi connectivity index (χ1n) is 14.8. The summed E-state index contributed by atoms with van der Waals surface area (Å²) in [5.74, 6) is 0.0166. The van der Waals surface area contributed by atoms with E-state index >= 15 is 4.39 Å². The first-order valence-corrected chi connectivity index (χ1v) is 14.8. The smallest absolute Gasteiger partial charge is 0.335 e. The van der Waals surface area contributed by atoms with E-state index in [4.69, 9.17) is 14.2 Å². The van der Waals surface area contributed by atoms with Crippen molar-refractivity contribution < 1.29 is 23.7 Å². The lowest BCUT2D eigenvalue weighted by Crippen LogP contribution is -2.31. The van der Waals surface area contributed by atoms with Gasteiger partial charge in [0.2, 0.25) is 5.88 Å².